The maximum absolute atomic E-state index is 12.3. The minimum absolute atomic E-state index is 0.237. The number of nitrogens with zero attached hydrogens (tertiary/aromatic N) is 2. The summed E-state index contributed by atoms with van der Waals surface area (Å²) in [5, 5.41) is 2.97. The first-order valence-corrected chi connectivity index (χ1v) is 6.32. The second-order valence-electron chi connectivity index (χ2n) is 4.60. The number of ketones is 1. The minimum Gasteiger partial charge on any atom is -0.485 e. The molecule has 1 aliphatic rings. The molecule has 0 radical (unpaired) electrons. The van der Waals surface area contributed by atoms with E-state index < -0.39 is 6.04 Å². The van der Waals surface area contributed by atoms with Crippen molar-refractivity contribution in [3.8, 4) is 5.75 Å². The molecule has 2 aromatic rings. The zero-order valence-corrected chi connectivity index (χ0v) is 10.6. The Morgan fingerprint density at radius 2 is 1.90 bits per heavy atom. The normalized spacial score (nSPS) is 21.5. The third-order valence-corrected chi connectivity index (χ3v) is 3.37. The van der Waals surface area contributed by atoms with Gasteiger partial charge in [0.25, 0.3) is 0 Å². The van der Waals surface area contributed by atoms with Crippen molar-refractivity contribution < 1.29 is 9.53 Å². The number of benzene rings is 1. The molecule has 2 atom stereocenters. The van der Waals surface area contributed by atoms with Gasteiger partial charge < -0.3 is 4.74 Å². The Bertz CT molecular complexity index is 643. The number of ether oxygens (including phenoxy) is 1. The quantitative estimate of drug-likeness (QED) is 0.785. The largest absolute Gasteiger partial charge is 0.485 e. The van der Waals surface area contributed by atoms with E-state index in [-0.39, 0.29) is 18.3 Å². The highest BCUT2D eigenvalue weighted by Crippen LogP contribution is 2.34. The molecule has 1 aliphatic heterocycles. The van der Waals surface area contributed by atoms with Crippen LogP contribution in [0.4, 0.5) is 0 Å². The van der Waals surface area contributed by atoms with Crippen LogP contribution in [0.1, 0.15) is 28.4 Å². The van der Waals surface area contributed by atoms with Gasteiger partial charge in [-0.2, -0.15) is 4.91 Å². The Morgan fingerprint density at radius 3 is 2.65 bits per heavy atom. The van der Waals surface area contributed by atoms with Gasteiger partial charge >= 0.3 is 0 Å². The number of carbonyl (C=O) groups excluding carboxylic acids is 1. The highest BCUT2D eigenvalue weighted by atomic mass is 16.5. The molecule has 5 heteroatoms. The summed E-state index contributed by atoms with van der Waals surface area (Å²) < 4.78 is 5.90. The van der Waals surface area contributed by atoms with E-state index in [1.807, 2.05) is 12.1 Å². The Balaban J connectivity index is 2.04. The molecule has 3 rings (SSSR count). The molecule has 1 aromatic heterocycles. The van der Waals surface area contributed by atoms with Crippen molar-refractivity contribution in [2.75, 3.05) is 0 Å². The number of hydrogen-bond acceptors (Lipinski definition) is 5. The van der Waals surface area contributed by atoms with Crippen molar-refractivity contribution in [1.82, 2.24) is 4.98 Å². The monoisotopic (exact) mass is 268 g/mol. The number of para-hydroxylation sites is 1. The first-order chi connectivity index (χ1) is 9.79. The van der Waals surface area contributed by atoms with Crippen molar-refractivity contribution in [3.05, 3.63) is 64.8 Å². The lowest BCUT2D eigenvalue weighted by molar-refractivity contribution is 0.0951. The number of carbonyl (C=O) groups is 1. The number of nitroso groups, excluding NO2 is 1. The maximum Gasteiger partial charge on any atom is 0.194 e. The maximum atomic E-state index is 12.3. The van der Waals surface area contributed by atoms with Crippen LogP contribution in [0.25, 0.3) is 0 Å². The summed E-state index contributed by atoms with van der Waals surface area (Å²) in [7, 11) is 0. The lowest BCUT2D eigenvalue weighted by Crippen LogP contribution is -2.19. The summed E-state index contributed by atoms with van der Waals surface area (Å²) in [5.74, 6) is 0.206. The van der Waals surface area contributed by atoms with E-state index in [1.54, 1.807) is 36.7 Å². The van der Waals surface area contributed by atoms with Gasteiger partial charge in [-0.1, -0.05) is 17.3 Å². The first kappa shape index (κ1) is 12.5. The topological polar surface area (TPSA) is 68.6 Å². The first-order valence-electron chi connectivity index (χ1n) is 6.32. The van der Waals surface area contributed by atoms with Crippen LogP contribution >= 0.6 is 0 Å². The van der Waals surface area contributed by atoms with Crippen LogP contribution in [0.5, 0.6) is 5.75 Å². The van der Waals surface area contributed by atoms with Crippen LogP contribution in [0.3, 0.4) is 0 Å². The third-order valence-electron chi connectivity index (χ3n) is 3.37. The summed E-state index contributed by atoms with van der Waals surface area (Å²) in [5.41, 5.74) is 1.28. The standard InChI is InChI=1S/C15H12N2O3/c18-15-11-3-1-2-4-13(11)20-14(9-12(15)17-19)10-5-7-16-8-6-10/h1-8,12,14H,9H2. The lowest BCUT2D eigenvalue weighted by atomic mass is 9.98. The zero-order chi connectivity index (χ0) is 13.9. The average Bonchev–Trinajstić information content (AvgIpc) is 2.65. The number of fused-ring (bicyclic) bond motifs is 1. The molecular weight excluding hydrogens is 256 g/mol. The minimum atomic E-state index is -0.920. The molecule has 2 heterocycles. The van der Waals surface area contributed by atoms with Crippen molar-refractivity contribution in [2.45, 2.75) is 18.6 Å². The summed E-state index contributed by atoms with van der Waals surface area (Å²) in [6.45, 7) is 0. The van der Waals surface area contributed by atoms with Crippen molar-refractivity contribution in [2.24, 2.45) is 5.18 Å². The van der Waals surface area contributed by atoms with Gasteiger partial charge in [0.05, 0.1) is 5.56 Å². The Labute approximate surface area is 115 Å². The molecule has 0 spiro atoms. The fourth-order valence-electron chi connectivity index (χ4n) is 2.34. The smallest absolute Gasteiger partial charge is 0.194 e. The number of pyridine rings is 1. The SMILES string of the molecule is O=NC1CC(c2ccncc2)Oc2ccccc2C1=O. The van der Waals surface area contributed by atoms with Gasteiger partial charge in [-0.15, -0.1) is 0 Å². The molecular formula is C15H12N2O3. The Morgan fingerprint density at radius 1 is 1.15 bits per heavy atom. The van der Waals surface area contributed by atoms with E-state index in [2.05, 4.69) is 10.2 Å². The van der Waals surface area contributed by atoms with E-state index >= 15 is 0 Å². The molecule has 0 saturated heterocycles. The van der Waals surface area contributed by atoms with Crippen LogP contribution in [-0.2, 0) is 0 Å². The summed E-state index contributed by atoms with van der Waals surface area (Å²) in [4.78, 5) is 27.2. The molecule has 20 heavy (non-hydrogen) atoms. The summed E-state index contributed by atoms with van der Waals surface area (Å²) in [6.07, 6.45) is 3.16. The zero-order valence-electron chi connectivity index (χ0n) is 10.6. The van der Waals surface area contributed by atoms with Gasteiger partial charge in [0.2, 0.25) is 0 Å². The number of rotatable bonds is 2. The van der Waals surface area contributed by atoms with Crippen LogP contribution < -0.4 is 4.74 Å². The van der Waals surface area contributed by atoms with Gasteiger partial charge in [0.1, 0.15) is 11.9 Å². The highest BCUT2D eigenvalue weighted by molar-refractivity contribution is 6.02. The fourth-order valence-corrected chi connectivity index (χ4v) is 2.34. The number of aromatic nitrogens is 1. The molecule has 0 N–H and O–H groups in total. The molecule has 0 bridgehead atoms. The van der Waals surface area contributed by atoms with Crippen LogP contribution in [0, 0.1) is 4.91 Å². The molecule has 0 aliphatic carbocycles. The predicted molar refractivity (Wildman–Crippen MR) is 72.6 cm³/mol. The van der Waals surface area contributed by atoms with Gasteiger partial charge in [0.15, 0.2) is 11.8 Å². The van der Waals surface area contributed by atoms with Crippen molar-refractivity contribution >= 4 is 5.78 Å². The summed E-state index contributed by atoms with van der Waals surface area (Å²) in [6, 6.07) is 9.63. The molecule has 0 amide bonds. The van der Waals surface area contributed by atoms with E-state index in [0.717, 1.165) is 5.56 Å². The van der Waals surface area contributed by atoms with Crippen LogP contribution in [0.2, 0.25) is 0 Å². The van der Waals surface area contributed by atoms with Crippen LogP contribution in [0.15, 0.2) is 54.0 Å². The molecule has 0 saturated carbocycles. The van der Waals surface area contributed by atoms with Crippen LogP contribution in [-0.4, -0.2) is 16.8 Å². The van der Waals surface area contributed by atoms with E-state index in [0.29, 0.717) is 11.3 Å². The molecule has 5 nitrogen and oxygen atoms in total. The molecule has 2 unspecified atom stereocenters. The Kier molecular flexibility index (Phi) is 3.25. The fraction of sp³-hybridized carbons (Fsp3) is 0.200. The number of Topliss-reactive ketones (excluding diaryl/α,β-unsaturated/α-hetero) is 1. The lowest BCUT2D eigenvalue weighted by Gasteiger charge is -2.17. The van der Waals surface area contributed by atoms with Gasteiger partial charge in [0, 0.05) is 18.8 Å². The highest BCUT2D eigenvalue weighted by Gasteiger charge is 2.32. The summed E-state index contributed by atoms with van der Waals surface area (Å²) >= 11 is 0. The molecule has 0 fully saturated rings. The van der Waals surface area contributed by atoms with Crippen molar-refractivity contribution in [1.29, 1.82) is 0 Å². The van der Waals surface area contributed by atoms with Gasteiger partial charge in [-0.3, -0.25) is 9.78 Å². The number of hydrogen-bond donors (Lipinski definition) is 0. The predicted octanol–water partition coefficient (Wildman–Crippen LogP) is 2.92. The average molecular weight is 268 g/mol. The second kappa shape index (κ2) is 5.21. The van der Waals surface area contributed by atoms with Gasteiger partial charge in [-0.25, -0.2) is 0 Å². The molecule has 1 aromatic carbocycles. The Hall–Kier alpha value is -2.56. The van der Waals surface area contributed by atoms with E-state index in [1.165, 1.54) is 0 Å². The molecule has 100 valence electrons. The van der Waals surface area contributed by atoms with E-state index in [4.69, 9.17) is 4.74 Å². The second-order valence-corrected chi connectivity index (χ2v) is 4.60. The van der Waals surface area contributed by atoms with E-state index in [9.17, 15) is 9.70 Å². The third kappa shape index (κ3) is 2.18. The van der Waals surface area contributed by atoms with Gasteiger partial charge in [-0.05, 0) is 29.8 Å². The van der Waals surface area contributed by atoms with Crippen molar-refractivity contribution in [3.63, 3.8) is 0 Å².